The topological polar surface area (TPSA) is 195 Å². The van der Waals surface area contributed by atoms with Gasteiger partial charge in [-0.3, -0.25) is 0 Å². The Morgan fingerprint density at radius 2 is 0.833 bits per heavy atom. The first kappa shape index (κ1) is 45.3. The van der Waals surface area contributed by atoms with Crippen LogP contribution in [-0.2, 0) is 28.4 Å². The molecule has 0 heterocycles. The summed E-state index contributed by atoms with van der Waals surface area (Å²) in [5, 5.41) is 53.2. The Bertz CT molecular complexity index is 602. The summed E-state index contributed by atoms with van der Waals surface area (Å²) in [6, 6.07) is 6.88. The van der Waals surface area contributed by atoms with Crippen LogP contribution in [0.1, 0.15) is 0 Å². The molecule has 1 aromatic carbocycles. The molecule has 0 spiro atoms. The van der Waals surface area contributed by atoms with Gasteiger partial charge in [0, 0.05) is 32.5 Å². The molecule has 0 aliphatic rings. The molecule has 0 saturated heterocycles. The van der Waals surface area contributed by atoms with Gasteiger partial charge in [-0.05, 0) is 12.1 Å². The van der Waals surface area contributed by atoms with E-state index in [1.165, 1.54) is 0 Å². The van der Waals surface area contributed by atoms with Crippen molar-refractivity contribution in [2.75, 3.05) is 79.3 Å². The molecule has 4 unspecified atom stereocenters. The second-order valence-corrected chi connectivity index (χ2v) is 7.79. The predicted molar refractivity (Wildman–Crippen MR) is 143 cm³/mol. The van der Waals surface area contributed by atoms with Gasteiger partial charge in [-0.25, -0.2) is 28.4 Å². The molecule has 0 amide bonds. The van der Waals surface area contributed by atoms with Crippen molar-refractivity contribution in [3.8, 4) is 11.5 Å². The molecule has 242 valence electrons. The van der Waals surface area contributed by atoms with Crippen molar-refractivity contribution in [1.82, 2.24) is 0 Å². The molecule has 1 aromatic rings. The number of ether oxygens (including phenoxy) is 8. The monoisotopic (exact) mass is 1120 g/mol. The normalized spacial score (nSPS) is 13.0. The van der Waals surface area contributed by atoms with E-state index in [0.717, 1.165) is 0 Å². The third-order valence-electron chi connectivity index (χ3n) is 4.02. The maximum absolute atomic E-state index is 9.44. The van der Waals surface area contributed by atoms with Crippen LogP contribution in [-0.4, -0.2) is 134 Å². The summed E-state index contributed by atoms with van der Waals surface area (Å²) < 4.78 is 38.2. The number of benzene rings is 1. The molecule has 16 heteroatoms. The zero-order chi connectivity index (χ0) is 30.4. The second kappa shape index (κ2) is 33.5. The van der Waals surface area contributed by atoms with E-state index in [9.17, 15) is 10.2 Å². The summed E-state index contributed by atoms with van der Waals surface area (Å²) in [6.07, 6.45) is -2.78. The molecule has 0 aliphatic heterocycles. The van der Waals surface area contributed by atoms with Gasteiger partial charge < -0.3 is 68.5 Å². The van der Waals surface area contributed by atoms with Crippen LogP contribution in [0.5, 0.6) is 11.5 Å². The van der Waals surface area contributed by atoms with Crippen LogP contribution < -0.4 is 9.47 Å². The number of rotatable bonds is 22. The molecule has 0 fully saturated rings. The van der Waals surface area contributed by atoms with Crippen LogP contribution in [0.2, 0.25) is 0 Å². The molecule has 6 N–H and O–H groups in total. The van der Waals surface area contributed by atoms with E-state index in [1.54, 1.807) is 24.3 Å². The van der Waals surface area contributed by atoms with Crippen LogP contribution in [0.25, 0.3) is 0 Å². The molecule has 0 radical (unpaired) electrons. The van der Waals surface area contributed by atoms with Crippen molar-refractivity contribution in [1.29, 1.82) is 0 Å². The van der Waals surface area contributed by atoms with E-state index < -0.39 is 24.4 Å². The van der Waals surface area contributed by atoms with E-state index in [0.29, 0.717) is 11.5 Å². The number of hydrogen-bond acceptors (Lipinski definition) is 14. The third kappa shape index (κ3) is 30.9. The van der Waals surface area contributed by atoms with E-state index in [1.807, 2.05) is 0 Å². The van der Waals surface area contributed by atoms with Gasteiger partial charge in [0.05, 0.1) is 51.8 Å². The van der Waals surface area contributed by atoms with Gasteiger partial charge in [0.25, 0.3) is 0 Å². The minimum Gasteiger partial charge on any atom is -0.553 e. The van der Waals surface area contributed by atoms with Gasteiger partial charge in [0.15, 0.2) is 0 Å². The van der Waals surface area contributed by atoms with E-state index in [-0.39, 0.29) is 79.3 Å². The van der Waals surface area contributed by atoms with Gasteiger partial charge in [-0.2, -0.15) is 0 Å². The Hall–Kier alpha value is -3.66. The summed E-state index contributed by atoms with van der Waals surface area (Å²) in [4.78, 5) is 0. The average molecular weight is 1120 g/mol. The van der Waals surface area contributed by atoms with E-state index >= 15 is 0 Å². The average Bonchev–Trinajstić information content (AvgIpc) is 2.93. The van der Waals surface area contributed by atoms with E-state index in [2.05, 4.69) is 47.4 Å². The fraction of sp³-hybridized carbons (Fsp3) is 0.615. The number of aliphatic hydroxyl groups excluding tert-OH is 6. The molecule has 0 aromatic heterocycles. The smallest absolute Gasteiger partial charge is 0.123 e. The predicted octanol–water partition coefficient (Wildman–Crippen LogP) is -0.889. The van der Waals surface area contributed by atoms with Crippen LogP contribution in [0.3, 0.4) is 0 Å². The summed E-state index contributed by atoms with van der Waals surface area (Å²) >= 11 is 0. The van der Waals surface area contributed by atoms with Crippen LogP contribution >= 0.6 is 0 Å². The molecular formula is C26H46O14Rf2-4. The molecule has 0 bridgehead atoms. The van der Waals surface area contributed by atoms with Gasteiger partial charge in [-0.15, -0.1) is 0 Å². The minimum absolute atomic E-state index is 0. The third-order valence-corrected chi connectivity index (χ3v) is 4.02. The fourth-order valence-electron chi connectivity index (χ4n) is 2.34. The summed E-state index contributed by atoms with van der Waals surface area (Å²) in [7, 11) is 12.5. The SMILES string of the molecule is [CH2-]OCC(O)COCCO.[CH2-]OCC(O)COCCO.[CH2-]OCC(O)COc1cccc(OCC(O)CO[CH2-])c1.[Rf].[Rf]. The van der Waals surface area contributed by atoms with Crippen LogP contribution in [0.15, 0.2) is 24.3 Å². The molecule has 0 aliphatic carbocycles. The molecule has 14 nitrogen and oxygen atoms in total. The van der Waals surface area contributed by atoms with Crippen molar-refractivity contribution in [2.45, 2.75) is 24.4 Å². The zero-order valence-corrected chi connectivity index (χ0v) is 37.1. The fourth-order valence-corrected chi connectivity index (χ4v) is 2.34. The molecule has 1 rings (SSSR count). The first-order valence-corrected chi connectivity index (χ1v) is 12.2. The van der Waals surface area contributed by atoms with Crippen LogP contribution in [0, 0.1) is 28.4 Å². The second-order valence-electron chi connectivity index (χ2n) is 7.79. The molecular weight excluding hydrogens is 1070 g/mol. The van der Waals surface area contributed by atoms with Gasteiger partial charge in [0.1, 0.15) is 36.9 Å². The Morgan fingerprint density at radius 3 is 1.12 bits per heavy atom. The first-order chi connectivity index (χ1) is 19.3. The summed E-state index contributed by atoms with van der Waals surface area (Å²) in [5.41, 5.74) is 0. The summed E-state index contributed by atoms with van der Waals surface area (Å²) in [6.45, 7) is 1.50. The van der Waals surface area contributed by atoms with Crippen molar-refractivity contribution in [2.24, 2.45) is 0 Å². The maximum Gasteiger partial charge on any atom is 0.123 e. The van der Waals surface area contributed by atoms with Crippen molar-refractivity contribution in [3.63, 3.8) is 0 Å². The Labute approximate surface area is 236 Å². The Balaban J connectivity index is -0.000000280. The van der Waals surface area contributed by atoms with Crippen molar-refractivity contribution < 1.29 is 68.5 Å². The largest absolute Gasteiger partial charge is 0.553 e. The van der Waals surface area contributed by atoms with Crippen molar-refractivity contribution >= 4 is 0 Å². The van der Waals surface area contributed by atoms with Gasteiger partial charge in [-0.1, -0.05) is 6.07 Å². The Morgan fingerprint density at radius 1 is 0.524 bits per heavy atom. The number of aliphatic hydroxyl groups is 6. The van der Waals surface area contributed by atoms with Crippen molar-refractivity contribution in [3.05, 3.63) is 52.7 Å². The zero-order valence-electron chi connectivity index (χ0n) is 24.3. The first-order valence-electron chi connectivity index (χ1n) is 12.2. The summed E-state index contributed by atoms with van der Waals surface area (Å²) in [5.74, 6) is 1.10. The van der Waals surface area contributed by atoms with Gasteiger partial charge in [0.2, 0.25) is 0 Å². The number of hydrogen-bond donors (Lipinski definition) is 6. The Kier molecular flexibility index (Phi) is 36.2. The standard InChI is InChI=1S/C14H20O6.2C6H13O4.2Rf/c1-17-7-11(15)9-19-13-4-3-5-14(6-13)20-10-12(16)8-18-2;2*1-9-4-6(8)5-10-3-2-7;;/h3-6,11-12,15-16H,1-2,7-10H2;2*6-8H,1-5H2;;/q-2;2*-1;;. The maximum atomic E-state index is 9.44. The molecule has 0 saturated carbocycles. The van der Waals surface area contributed by atoms with Gasteiger partial charge >= 0.3 is 0 Å². The molecule has 42 heavy (non-hydrogen) atoms. The van der Waals surface area contributed by atoms with Crippen LogP contribution in [0.4, 0.5) is 0 Å². The van der Waals surface area contributed by atoms with E-state index in [4.69, 9.17) is 39.4 Å². The molecule has 4 atom stereocenters. The quantitative estimate of drug-likeness (QED) is 0.0619. The minimum atomic E-state index is -0.743.